The van der Waals surface area contributed by atoms with Gasteiger partial charge in [0, 0.05) is 6.20 Å². The van der Waals surface area contributed by atoms with Gasteiger partial charge >= 0.3 is 0 Å². The van der Waals surface area contributed by atoms with Crippen molar-refractivity contribution in [2.75, 3.05) is 0 Å². The largest absolute Gasteiger partial charge is 0.344 e. The second kappa shape index (κ2) is 2.81. The van der Waals surface area contributed by atoms with Gasteiger partial charge in [0.15, 0.2) is 0 Å². The van der Waals surface area contributed by atoms with Crippen LogP contribution in [0.25, 0.3) is 11.0 Å². The second-order valence-electron chi connectivity index (χ2n) is 2.50. The second-order valence-corrected chi connectivity index (χ2v) is 2.90. The summed E-state index contributed by atoms with van der Waals surface area (Å²) in [4.78, 5) is 17.4. The van der Waals surface area contributed by atoms with E-state index in [1.807, 2.05) is 0 Å². The van der Waals surface area contributed by atoms with E-state index in [0.717, 1.165) is 6.07 Å². The minimum absolute atomic E-state index is 0.0703. The van der Waals surface area contributed by atoms with E-state index in [0.29, 0.717) is 0 Å². The molecule has 66 valence electrons. The Hall–Kier alpha value is -1.42. The van der Waals surface area contributed by atoms with E-state index in [1.54, 1.807) is 0 Å². The number of rotatable bonds is 0. The lowest BCUT2D eigenvalue weighted by Gasteiger charge is -1.96. The lowest BCUT2D eigenvalue weighted by atomic mass is 10.3. The molecule has 0 spiro atoms. The number of hydrogen-bond acceptors (Lipinski definition) is 2. The molecule has 0 aliphatic rings. The molecule has 2 heterocycles. The Morgan fingerprint density at radius 1 is 1.46 bits per heavy atom. The van der Waals surface area contributed by atoms with Crippen molar-refractivity contribution in [2.24, 2.45) is 0 Å². The first-order valence-corrected chi connectivity index (χ1v) is 3.90. The number of hydrogen-bond donors (Lipinski definition) is 1. The Morgan fingerprint density at radius 2 is 2.23 bits per heavy atom. The molecule has 0 aromatic carbocycles. The van der Waals surface area contributed by atoms with Gasteiger partial charge in [-0.25, -0.2) is 4.98 Å². The summed E-state index contributed by atoms with van der Waals surface area (Å²) in [5.74, 6) is -0.634. The number of nitrogens with zero attached hydrogens (tertiary/aromatic N) is 1. The standard InChI is InChI=1S/C8H4ClFN2O/c9-5-3-11-8-4(7(5)13)1-2-6(10)12-8/h1-3H,(H,11,12,13). The third kappa shape index (κ3) is 1.29. The Labute approximate surface area is 77.2 Å². The molecule has 0 radical (unpaired) electrons. The van der Waals surface area contributed by atoms with Crippen molar-refractivity contribution in [1.29, 1.82) is 0 Å². The number of H-pyrrole nitrogens is 1. The van der Waals surface area contributed by atoms with Crippen molar-refractivity contribution in [3.8, 4) is 0 Å². The van der Waals surface area contributed by atoms with Gasteiger partial charge in [-0.3, -0.25) is 4.79 Å². The van der Waals surface area contributed by atoms with Crippen LogP contribution in [-0.4, -0.2) is 9.97 Å². The predicted molar refractivity (Wildman–Crippen MR) is 47.3 cm³/mol. The molecule has 2 rings (SSSR count). The van der Waals surface area contributed by atoms with Crippen molar-refractivity contribution in [2.45, 2.75) is 0 Å². The van der Waals surface area contributed by atoms with Crippen LogP contribution < -0.4 is 5.43 Å². The van der Waals surface area contributed by atoms with Crippen LogP contribution >= 0.6 is 11.6 Å². The van der Waals surface area contributed by atoms with Gasteiger partial charge in [-0.05, 0) is 12.1 Å². The summed E-state index contributed by atoms with van der Waals surface area (Å²) in [6.07, 6.45) is 1.29. The molecule has 0 fully saturated rings. The van der Waals surface area contributed by atoms with Crippen molar-refractivity contribution < 1.29 is 4.39 Å². The minimum Gasteiger partial charge on any atom is -0.344 e. The Balaban J connectivity index is 2.95. The van der Waals surface area contributed by atoms with Crippen LogP contribution in [0.3, 0.4) is 0 Å². The monoisotopic (exact) mass is 198 g/mol. The van der Waals surface area contributed by atoms with Crippen molar-refractivity contribution in [3.05, 3.63) is 39.5 Å². The van der Waals surface area contributed by atoms with Gasteiger partial charge in [0.1, 0.15) is 10.7 Å². The zero-order chi connectivity index (χ0) is 9.42. The molecule has 0 saturated heterocycles. The molecule has 0 aliphatic heterocycles. The molecular formula is C8H4ClFN2O. The highest BCUT2D eigenvalue weighted by Gasteiger charge is 2.04. The molecule has 0 atom stereocenters. The van der Waals surface area contributed by atoms with E-state index in [-0.39, 0.29) is 21.5 Å². The predicted octanol–water partition coefficient (Wildman–Crippen LogP) is 1.72. The highest BCUT2D eigenvalue weighted by Crippen LogP contribution is 2.08. The lowest BCUT2D eigenvalue weighted by molar-refractivity contribution is 0.588. The highest BCUT2D eigenvalue weighted by atomic mass is 35.5. The van der Waals surface area contributed by atoms with Crippen LogP contribution in [0.5, 0.6) is 0 Å². The number of nitrogens with one attached hydrogen (secondary N) is 1. The first kappa shape index (κ1) is 8.19. The van der Waals surface area contributed by atoms with Crippen LogP contribution in [0.1, 0.15) is 0 Å². The van der Waals surface area contributed by atoms with Gasteiger partial charge in [0.2, 0.25) is 11.4 Å². The quantitative estimate of drug-likeness (QED) is 0.655. The Kier molecular flexibility index (Phi) is 1.77. The summed E-state index contributed by atoms with van der Waals surface area (Å²) in [6.45, 7) is 0. The summed E-state index contributed by atoms with van der Waals surface area (Å²) in [5, 5.41) is 0.356. The lowest BCUT2D eigenvalue weighted by Crippen LogP contribution is -2.04. The van der Waals surface area contributed by atoms with Gasteiger partial charge in [-0.2, -0.15) is 4.39 Å². The molecule has 13 heavy (non-hydrogen) atoms. The molecular weight excluding hydrogens is 195 g/mol. The van der Waals surface area contributed by atoms with Gasteiger partial charge in [-0.1, -0.05) is 11.6 Å². The van der Waals surface area contributed by atoms with Crippen LogP contribution in [0.4, 0.5) is 4.39 Å². The van der Waals surface area contributed by atoms with Gasteiger partial charge in [0.25, 0.3) is 0 Å². The van der Waals surface area contributed by atoms with E-state index in [2.05, 4.69) is 9.97 Å². The fraction of sp³-hybridized carbons (Fsp3) is 0. The fourth-order valence-electron chi connectivity index (χ4n) is 1.05. The van der Waals surface area contributed by atoms with E-state index < -0.39 is 5.95 Å². The smallest absolute Gasteiger partial charge is 0.214 e. The van der Waals surface area contributed by atoms with E-state index in [4.69, 9.17) is 11.6 Å². The third-order valence-corrected chi connectivity index (χ3v) is 1.94. The average molecular weight is 199 g/mol. The van der Waals surface area contributed by atoms with Crippen molar-refractivity contribution >= 4 is 22.6 Å². The van der Waals surface area contributed by atoms with E-state index in [1.165, 1.54) is 12.3 Å². The fourth-order valence-corrected chi connectivity index (χ4v) is 1.21. The van der Waals surface area contributed by atoms with Crippen molar-refractivity contribution in [3.63, 3.8) is 0 Å². The first-order chi connectivity index (χ1) is 6.18. The third-order valence-electron chi connectivity index (χ3n) is 1.66. The molecule has 0 saturated carbocycles. The molecule has 0 amide bonds. The molecule has 1 N–H and O–H groups in total. The van der Waals surface area contributed by atoms with E-state index >= 15 is 0 Å². The maximum Gasteiger partial charge on any atom is 0.214 e. The molecule has 2 aromatic heterocycles. The summed E-state index contributed by atoms with van der Waals surface area (Å²) in [7, 11) is 0. The van der Waals surface area contributed by atoms with Crippen LogP contribution in [0.15, 0.2) is 23.1 Å². The van der Waals surface area contributed by atoms with Gasteiger partial charge < -0.3 is 4.98 Å². The SMILES string of the molecule is O=c1c(Cl)c[nH]c2nc(F)ccc12. The topological polar surface area (TPSA) is 45.8 Å². The Morgan fingerprint density at radius 3 is 3.00 bits per heavy atom. The van der Waals surface area contributed by atoms with Crippen LogP contribution in [0, 0.1) is 5.95 Å². The number of pyridine rings is 2. The first-order valence-electron chi connectivity index (χ1n) is 3.52. The Bertz CT molecular complexity index is 523. The number of aromatic nitrogens is 2. The minimum atomic E-state index is -0.634. The van der Waals surface area contributed by atoms with Crippen LogP contribution in [0.2, 0.25) is 5.02 Å². The maximum absolute atomic E-state index is 12.6. The van der Waals surface area contributed by atoms with Crippen molar-refractivity contribution in [1.82, 2.24) is 9.97 Å². The zero-order valence-electron chi connectivity index (χ0n) is 6.34. The van der Waals surface area contributed by atoms with Crippen LogP contribution in [-0.2, 0) is 0 Å². The zero-order valence-corrected chi connectivity index (χ0v) is 7.10. The molecule has 0 bridgehead atoms. The number of halogens is 2. The number of aromatic amines is 1. The number of fused-ring (bicyclic) bond motifs is 1. The summed E-state index contributed by atoms with van der Waals surface area (Å²) >= 11 is 5.56. The summed E-state index contributed by atoms with van der Waals surface area (Å²) < 4.78 is 12.6. The molecule has 0 unspecified atom stereocenters. The summed E-state index contributed by atoms with van der Waals surface area (Å²) in [6, 6.07) is 2.47. The molecule has 5 heteroatoms. The van der Waals surface area contributed by atoms with E-state index in [9.17, 15) is 9.18 Å². The normalized spacial score (nSPS) is 10.6. The molecule has 3 nitrogen and oxygen atoms in total. The molecule has 0 aliphatic carbocycles. The average Bonchev–Trinajstić information content (AvgIpc) is 2.12. The maximum atomic E-state index is 12.6. The van der Waals surface area contributed by atoms with Gasteiger partial charge in [-0.15, -0.1) is 0 Å². The van der Waals surface area contributed by atoms with Gasteiger partial charge in [0.05, 0.1) is 5.39 Å². The highest BCUT2D eigenvalue weighted by molar-refractivity contribution is 6.30. The molecule has 2 aromatic rings. The summed E-state index contributed by atoms with van der Waals surface area (Å²) in [5.41, 5.74) is -0.141.